The van der Waals surface area contributed by atoms with Gasteiger partial charge in [-0.05, 0) is 25.1 Å². The Morgan fingerprint density at radius 1 is 1.47 bits per heavy atom. The van der Waals surface area contributed by atoms with Crippen LogP contribution in [0.2, 0.25) is 0 Å². The largest absolute Gasteiger partial charge is 0.349 e. The molecule has 0 unspecified atom stereocenters. The van der Waals surface area contributed by atoms with Gasteiger partial charge < -0.3 is 10.8 Å². The van der Waals surface area contributed by atoms with E-state index < -0.39 is 0 Å². The van der Waals surface area contributed by atoms with Crippen molar-refractivity contribution in [1.82, 2.24) is 14.6 Å². The van der Waals surface area contributed by atoms with Crippen molar-refractivity contribution in [2.75, 3.05) is 5.84 Å². The minimum absolute atomic E-state index is 0.264. The smallest absolute Gasteiger partial charge is 0.296 e. The van der Waals surface area contributed by atoms with Crippen molar-refractivity contribution in [1.29, 1.82) is 0 Å². The molecule has 6 heteroatoms. The molecule has 0 aliphatic rings. The maximum atomic E-state index is 12.0. The van der Waals surface area contributed by atoms with Crippen LogP contribution in [0.3, 0.4) is 0 Å². The molecule has 3 aromatic rings. The second-order valence-corrected chi connectivity index (χ2v) is 4.79. The third-order valence-corrected chi connectivity index (χ3v) is 3.28. The number of nitrogens with zero attached hydrogens (tertiary/aromatic N) is 2. The van der Waals surface area contributed by atoms with Crippen LogP contribution in [0.15, 0.2) is 27.5 Å². The maximum Gasteiger partial charge on any atom is 0.296 e. The first kappa shape index (κ1) is 10.3. The lowest BCUT2D eigenvalue weighted by molar-refractivity contribution is 0.850. The van der Waals surface area contributed by atoms with Gasteiger partial charge in [0.1, 0.15) is 16.9 Å². The number of hydrogen-bond acceptors (Lipinski definition) is 3. The number of fused-ring (bicyclic) bond motifs is 3. The molecule has 2 aromatic heterocycles. The Morgan fingerprint density at radius 2 is 2.24 bits per heavy atom. The summed E-state index contributed by atoms with van der Waals surface area (Å²) >= 11 is 3.40. The van der Waals surface area contributed by atoms with E-state index in [2.05, 4.69) is 25.9 Å². The number of rotatable bonds is 0. The van der Waals surface area contributed by atoms with Crippen LogP contribution in [-0.4, -0.2) is 14.6 Å². The maximum absolute atomic E-state index is 12.0. The summed E-state index contributed by atoms with van der Waals surface area (Å²) in [4.78, 5) is 19.4. The van der Waals surface area contributed by atoms with Crippen LogP contribution < -0.4 is 11.4 Å². The summed E-state index contributed by atoms with van der Waals surface area (Å²) in [5.74, 6) is 6.10. The lowest BCUT2D eigenvalue weighted by atomic mass is 10.2. The molecule has 0 bridgehead atoms. The molecule has 0 saturated heterocycles. The fourth-order valence-corrected chi connectivity index (χ4v) is 2.26. The Morgan fingerprint density at radius 3 is 3.00 bits per heavy atom. The Hall–Kier alpha value is -1.82. The number of aromatic amines is 1. The van der Waals surface area contributed by atoms with E-state index in [1.165, 1.54) is 0 Å². The molecule has 0 aliphatic heterocycles. The van der Waals surface area contributed by atoms with Crippen molar-refractivity contribution >= 4 is 37.9 Å². The van der Waals surface area contributed by atoms with Crippen LogP contribution in [-0.2, 0) is 0 Å². The zero-order chi connectivity index (χ0) is 12.2. The van der Waals surface area contributed by atoms with Crippen LogP contribution in [0.25, 0.3) is 21.9 Å². The Labute approximate surface area is 104 Å². The third kappa shape index (κ3) is 1.37. The Kier molecular flexibility index (Phi) is 2.03. The molecule has 17 heavy (non-hydrogen) atoms. The van der Waals surface area contributed by atoms with E-state index in [9.17, 15) is 4.79 Å². The van der Waals surface area contributed by atoms with Gasteiger partial charge in [-0.1, -0.05) is 15.9 Å². The lowest BCUT2D eigenvalue weighted by Crippen LogP contribution is -2.30. The normalized spacial score (nSPS) is 11.4. The molecule has 0 saturated carbocycles. The average Bonchev–Trinajstić information content (AvgIpc) is 2.65. The van der Waals surface area contributed by atoms with Gasteiger partial charge in [-0.2, -0.15) is 0 Å². The summed E-state index contributed by atoms with van der Waals surface area (Å²) in [5.41, 5.74) is 1.70. The van der Waals surface area contributed by atoms with E-state index in [1.807, 2.05) is 18.2 Å². The van der Waals surface area contributed by atoms with Gasteiger partial charge in [0.05, 0.1) is 0 Å². The van der Waals surface area contributed by atoms with Gasteiger partial charge in [-0.15, -0.1) is 0 Å². The van der Waals surface area contributed by atoms with E-state index in [0.717, 1.165) is 20.1 Å². The molecular formula is C11H9BrN4O. The van der Waals surface area contributed by atoms with Gasteiger partial charge >= 0.3 is 0 Å². The van der Waals surface area contributed by atoms with Gasteiger partial charge in [0.25, 0.3) is 5.56 Å². The molecule has 3 N–H and O–H groups in total. The number of nitrogens with two attached hydrogens (primary N) is 1. The first-order valence-corrected chi connectivity index (χ1v) is 5.83. The van der Waals surface area contributed by atoms with Gasteiger partial charge in [-0.3, -0.25) is 4.79 Å². The third-order valence-electron chi connectivity index (χ3n) is 2.79. The lowest BCUT2D eigenvalue weighted by Gasteiger charge is -2.01. The van der Waals surface area contributed by atoms with E-state index in [4.69, 9.17) is 5.84 Å². The second kappa shape index (κ2) is 3.33. The van der Waals surface area contributed by atoms with Crippen LogP contribution >= 0.6 is 15.9 Å². The summed E-state index contributed by atoms with van der Waals surface area (Å²) in [6, 6.07) is 5.74. The van der Waals surface area contributed by atoms with E-state index in [1.54, 1.807) is 6.92 Å². The van der Waals surface area contributed by atoms with Crippen molar-refractivity contribution in [3.63, 3.8) is 0 Å². The Balaban J connectivity index is 2.62. The monoisotopic (exact) mass is 292 g/mol. The van der Waals surface area contributed by atoms with Crippen LogP contribution in [0.4, 0.5) is 0 Å². The number of hydrogen-bond donors (Lipinski definition) is 2. The predicted octanol–water partition coefficient (Wildman–Crippen LogP) is 1.66. The predicted molar refractivity (Wildman–Crippen MR) is 70.4 cm³/mol. The van der Waals surface area contributed by atoms with E-state index >= 15 is 0 Å². The Bertz CT molecular complexity index is 802. The molecule has 2 heterocycles. The second-order valence-electron chi connectivity index (χ2n) is 3.87. The first-order chi connectivity index (χ1) is 8.08. The van der Waals surface area contributed by atoms with Crippen molar-refractivity contribution < 1.29 is 0 Å². The summed E-state index contributed by atoms with van der Waals surface area (Å²) < 4.78 is 1.99. The molecule has 0 aliphatic carbocycles. The van der Waals surface area contributed by atoms with Crippen molar-refractivity contribution in [3.8, 4) is 0 Å². The zero-order valence-corrected chi connectivity index (χ0v) is 10.6. The molecule has 0 amide bonds. The summed E-state index contributed by atoms with van der Waals surface area (Å²) in [6.07, 6.45) is 0. The highest BCUT2D eigenvalue weighted by molar-refractivity contribution is 9.10. The highest BCUT2D eigenvalue weighted by Crippen LogP contribution is 2.24. The van der Waals surface area contributed by atoms with Crippen molar-refractivity contribution in [2.45, 2.75) is 6.92 Å². The summed E-state index contributed by atoms with van der Waals surface area (Å²) in [7, 11) is 0. The minimum Gasteiger partial charge on any atom is -0.349 e. The quantitative estimate of drug-likeness (QED) is 0.619. The number of aryl methyl sites for hydroxylation is 1. The summed E-state index contributed by atoms with van der Waals surface area (Å²) in [5, 5.41) is 0.912. The molecule has 0 fully saturated rings. The number of nitrogens with one attached hydrogen (secondary N) is 1. The van der Waals surface area contributed by atoms with Gasteiger partial charge in [0.15, 0.2) is 0 Å². The fourth-order valence-electron chi connectivity index (χ4n) is 1.90. The molecular weight excluding hydrogens is 284 g/mol. The van der Waals surface area contributed by atoms with E-state index in [0.29, 0.717) is 16.9 Å². The van der Waals surface area contributed by atoms with Crippen LogP contribution in [0.5, 0.6) is 0 Å². The number of aromatic nitrogens is 3. The fraction of sp³-hybridized carbons (Fsp3) is 0.0909. The minimum atomic E-state index is -0.264. The van der Waals surface area contributed by atoms with Gasteiger partial charge in [0, 0.05) is 15.4 Å². The molecule has 0 atom stereocenters. The molecule has 0 radical (unpaired) electrons. The topological polar surface area (TPSA) is 76.7 Å². The number of benzene rings is 1. The number of halogens is 1. The first-order valence-electron chi connectivity index (χ1n) is 5.03. The molecule has 5 nitrogen and oxygen atoms in total. The van der Waals surface area contributed by atoms with Gasteiger partial charge in [-0.25, -0.2) is 9.66 Å². The van der Waals surface area contributed by atoms with Crippen LogP contribution in [0.1, 0.15) is 5.82 Å². The summed E-state index contributed by atoms with van der Waals surface area (Å²) in [6.45, 7) is 1.71. The zero-order valence-electron chi connectivity index (χ0n) is 8.99. The number of H-pyrrole nitrogens is 1. The molecule has 86 valence electrons. The van der Waals surface area contributed by atoms with E-state index in [-0.39, 0.29) is 5.56 Å². The SMILES string of the molecule is Cc1nc2c([nH]c3ccc(Br)cc32)c(=O)n1N. The standard InChI is InChI=1S/C11H9BrN4O/c1-5-14-9-7-4-6(12)2-3-8(7)15-10(9)11(17)16(5)13/h2-4,15H,13H2,1H3. The molecule has 1 aromatic carbocycles. The van der Waals surface area contributed by atoms with Crippen molar-refractivity contribution in [3.05, 3.63) is 38.9 Å². The molecule has 0 spiro atoms. The highest BCUT2D eigenvalue weighted by atomic mass is 79.9. The average molecular weight is 293 g/mol. The highest BCUT2D eigenvalue weighted by Gasteiger charge is 2.12. The van der Waals surface area contributed by atoms with Crippen LogP contribution in [0, 0.1) is 6.92 Å². The van der Waals surface area contributed by atoms with Crippen molar-refractivity contribution in [2.24, 2.45) is 0 Å². The van der Waals surface area contributed by atoms with Gasteiger partial charge in [0.2, 0.25) is 0 Å². The number of nitrogen functional groups attached to an aromatic ring is 1. The molecule has 3 rings (SSSR count).